The van der Waals surface area contributed by atoms with Gasteiger partial charge in [0.25, 0.3) is 0 Å². The van der Waals surface area contributed by atoms with Crippen LogP contribution in [0.25, 0.3) is 0 Å². The Bertz CT molecular complexity index is 671. The van der Waals surface area contributed by atoms with Crippen molar-refractivity contribution < 1.29 is 9.47 Å². The summed E-state index contributed by atoms with van der Waals surface area (Å²) in [7, 11) is 0. The van der Waals surface area contributed by atoms with Gasteiger partial charge < -0.3 is 19.7 Å². The van der Waals surface area contributed by atoms with Gasteiger partial charge in [-0.05, 0) is 24.3 Å². The molecule has 0 amide bonds. The largest absolute Gasteiger partial charge is 0.376 e. The molecule has 0 spiro atoms. The molecule has 2 aromatic heterocycles. The van der Waals surface area contributed by atoms with Gasteiger partial charge in [-0.15, -0.1) is 0 Å². The number of rotatable bonds is 3. The van der Waals surface area contributed by atoms with Crippen LogP contribution in [0.1, 0.15) is 0 Å². The summed E-state index contributed by atoms with van der Waals surface area (Å²) in [5.41, 5.74) is 0.976. The third-order valence-corrected chi connectivity index (χ3v) is 4.60. The standard InChI is InChI=1S/C17H19ClN4O2/c18-14-4-2-6-20-17(14)22-8-15-16(9-22)24-11-13(10-23-15)21-12-3-1-5-19-7-12/h1-7,13,15-16,21H,8-11H2/t15-,16-/m0/s1. The summed E-state index contributed by atoms with van der Waals surface area (Å²) in [4.78, 5) is 10.6. The highest BCUT2D eigenvalue weighted by Crippen LogP contribution is 2.29. The zero-order valence-electron chi connectivity index (χ0n) is 13.1. The maximum atomic E-state index is 6.25. The predicted molar refractivity (Wildman–Crippen MR) is 92.6 cm³/mol. The molecule has 2 aliphatic heterocycles. The minimum atomic E-state index is 0.0313. The van der Waals surface area contributed by atoms with Crippen molar-refractivity contribution in [1.82, 2.24) is 9.97 Å². The molecule has 0 aliphatic carbocycles. The number of hydrogen-bond acceptors (Lipinski definition) is 6. The Labute approximate surface area is 145 Å². The molecule has 126 valence electrons. The van der Waals surface area contributed by atoms with E-state index in [1.807, 2.05) is 24.3 Å². The normalized spacial score (nSPS) is 24.5. The van der Waals surface area contributed by atoms with E-state index in [-0.39, 0.29) is 18.2 Å². The van der Waals surface area contributed by atoms with Gasteiger partial charge in [0.2, 0.25) is 0 Å². The molecule has 7 heteroatoms. The van der Waals surface area contributed by atoms with Gasteiger partial charge in [-0.3, -0.25) is 4.98 Å². The monoisotopic (exact) mass is 346 g/mol. The molecule has 0 saturated carbocycles. The van der Waals surface area contributed by atoms with Crippen molar-refractivity contribution in [2.24, 2.45) is 0 Å². The van der Waals surface area contributed by atoms with Crippen molar-refractivity contribution in [2.75, 3.05) is 36.5 Å². The van der Waals surface area contributed by atoms with Crippen molar-refractivity contribution in [1.29, 1.82) is 0 Å². The number of aromatic nitrogens is 2. The van der Waals surface area contributed by atoms with E-state index in [0.717, 1.165) is 24.6 Å². The van der Waals surface area contributed by atoms with Gasteiger partial charge in [-0.1, -0.05) is 11.6 Å². The first-order chi connectivity index (χ1) is 11.8. The van der Waals surface area contributed by atoms with E-state index in [1.54, 1.807) is 18.6 Å². The number of nitrogens with one attached hydrogen (secondary N) is 1. The summed E-state index contributed by atoms with van der Waals surface area (Å²) in [6.45, 7) is 2.67. The summed E-state index contributed by atoms with van der Waals surface area (Å²) >= 11 is 6.25. The topological polar surface area (TPSA) is 59.5 Å². The molecule has 2 aromatic rings. The van der Waals surface area contributed by atoms with E-state index in [1.165, 1.54) is 0 Å². The maximum Gasteiger partial charge on any atom is 0.147 e. The van der Waals surface area contributed by atoms with Crippen molar-refractivity contribution in [2.45, 2.75) is 18.2 Å². The highest BCUT2D eigenvalue weighted by atomic mass is 35.5. The zero-order chi connectivity index (χ0) is 16.4. The second-order valence-electron chi connectivity index (χ2n) is 6.04. The fourth-order valence-electron chi connectivity index (χ4n) is 3.14. The molecule has 0 bridgehead atoms. The lowest BCUT2D eigenvalue weighted by Gasteiger charge is -2.21. The Morgan fingerprint density at radius 3 is 2.50 bits per heavy atom. The number of nitrogens with zero attached hydrogens (tertiary/aromatic N) is 3. The maximum absolute atomic E-state index is 6.25. The summed E-state index contributed by atoms with van der Waals surface area (Å²) in [6.07, 6.45) is 5.38. The SMILES string of the molecule is Clc1cccnc1N1C[C@@H]2OCC(Nc3cccnc3)CO[C@H]2C1. The number of hydrogen-bond donors (Lipinski definition) is 1. The van der Waals surface area contributed by atoms with E-state index in [4.69, 9.17) is 21.1 Å². The molecule has 4 rings (SSSR count). The smallest absolute Gasteiger partial charge is 0.147 e. The Kier molecular flexibility index (Phi) is 4.51. The van der Waals surface area contributed by atoms with E-state index < -0.39 is 0 Å². The van der Waals surface area contributed by atoms with Crippen LogP contribution in [0.2, 0.25) is 5.02 Å². The lowest BCUT2D eigenvalue weighted by molar-refractivity contribution is -0.00461. The second-order valence-corrected chi connectivity index (χ2v) is 6.45. The molecule has 4 heterocycles. The van der Waals surface area contributed by atoms with Crippen LogP contribution in [0.15, 0.2) is 42.9 Å². The Hall–Kier alpha value is -1.89. The first kappa shape index (κ1) is 15.6. The van der Waals surface area contributed by atoms with Crippen LogP contribution in [-0.4, -0.2) is 54.5 Å². The summed E-state index contributed by atoms with van der Waals surface area (Å²) < 4.78 is 12.2. The second kappa shape index (κ2) is 6.93. The Morgan fingerprint density at radius 1 is 1.08 bits per heavy atom. The van der Waals surface area contributed by atoms with Crippen molar-refractivity contribution in [3.05, 3.63) is 47.9 Å². The van der Waals surface area contributed by atoms with Gasteiger partial charge in [-0.2, -0.15) is 0 Å². The van der Waals surface area contributed by atoms with Crippen molar-refractivity contribution >= 4 is 23.1 Å². The lowest BCUT2D eigenvalue weighted by Crippen LogP contribution is -2.31. The van der Waals surface area contributed by atoms with Crippen molar-refractivity contribution in [3.8, 4) is 0 Å². The van der Waals surface area contributed by atoms with E-state index in [9.17, 15) is 0 Å². The van der Waals surface area contributed by atoms with Crippen LogP contribution >= 0.6 is 11.6 Å². The molecule has 2 aliphatic rings. The van der Waals surface area contributed by atoms with E-state index >= 15 is 0 Å². The van der Waals surface area contributed by atoms with Gasteiger partial charge in [-0.25, -0.2) is 4.98 Å². The third-order valence-electron chi connectivity index (χ3n) is 4.31. The number of ether oxygens (including phenoxy) is 2. The molecule has 1 N–H and O–H groups in total. The zero-order valence-corrected chi connectivity index (χ0v) is 13.9. The van der Waals surface area contributed by atoms with Crippen LogP contribution in [0.3, 0.4) is 0 Å². The Morgan fingerprint density at radius 2 is 1.83 bits per heavy atom. The average Bonchev–Trinajstić information content (AvgIpc) is 2.93. The first-order valence-electron chi connectivity index (χ1n) is 8.05. The van der Waals surface area contributed by atoms with Gasteiger partial charge in [0.15, 0.2) is 0 Å². The fourth-order valence-corrected chi connectivity index (χ4v) is 3.38. The highest BCUT2D eigenvalue weighted by molar-refractivity contribution is 6.32. The molecular formula is C17H19ClN4O2. The first-order valence-corrected chi connectivity index (χ1v) is 8.42. The molecular weight excluding hydrogens is 328 g/mol. The van der Waals surface area contributed by atoms with Gasteiger partial charge >= 0.3 is 0 Å². The number of anilines is 2. The summed E-state index contributed by atoms with van der Waals surface area (Å²) in [6, 6.07) is 7.70. The fraction of sp³-hybridized carbons (Fsp3) is 0.412. The Balaban J connectivity index is 1.38. The number of pyridine rings is 2. The van der Waals surface area contributed by atoms with Gasteiger partial charge in [0, 0.05) is 31.7 Å². The summed E-state index contributed by atoms with van der Waals surface area (Å²) in [5, 5.41) is 4.06. The predicted octanol–water partition coefficient (Wildman–Crippen LogP) is 2.21. The van der Waals surface area contributed by atoms with Crippen LogP contribution in [0.4, 0.5) is 11.5 Å². The molecule has 0 aromatic carbocycles. The quantitative estimate of drug-likeness (QED) is 0.919. The molecule has 6 nitrogen and oxygen atoms in total. The minimum absolute atomic E-state index is 0.0313. The molecule has 2 saturated heterocycles. The van der Waals surface area contributed by atoms with Crippen LogP contribution in [0, 0.1) is 0 Å². The summed E-state index contributed by atoms with van der Waals surface area (Å²) in [5.74, 6) is 0.796. The van der Waals surface area contributed by atoms with E-state index in [2.05, 4.69) is 20.2 Å². The molecule has 0 unspecified atom stereocenters. The average molecular weight is 347 g/mol. The third kappa shape index (κ3) is 3.31. The lowest BCUT2D eigenvalue weighted by atomic mass is 10.3. The molecule has 2 fully saturated rings. The number of fused-ring (bicyclic) bond motifs is 1. The van der Waals surface area contributed by atoms with Gasteiger partial charge in [0.1, 0.15) is 18.0 Å². The molecule has 24 heavy (non-hydrogen) atoms. The van der Waals surface area contributed by atoms with Crippen molar-refractivity contribution in [3.63, 3.8) is 0 Å². The van der Waals surface area contributed by atoms with E-state index in [0.29, 0.717) is 18.2 Å². The van der Waals surface area contributed by atoms with Crippen LogP contribution in [-0.2, 0) is 9.47 Å². The molecule has 2 atom stereocenters. The van der Waals surface area contributed by atoms with Gasteiger partial charge in [0.05, 0.1) is 30.0 Å². The highest BCUT2D eigenvalue weighted by Gasteiger charge is 2.38. The van der Waals surface area contributed by atoms with Crippen LogP contribution < -0.4 is 10.2 Å². The molecule has 0 radical (unpaired) electrons. The minimum Gasteiger partial charge on any atom is -0.376 e. The number of halogens is 1. The van der Waals surface area contributed by atoms with Crippen LogP contribution in [0.5, 0.6) is 0 Å².